The monoisotopic (exact) mass is 419 g/mol. The Labute approximate surface area is 168 Å². The van der Waals surface area contributed by atoms with E-state index in [0.29, 0.717) is 30.6 Å². The van der Waals surface area contributed by atoms with Crippen molar-refractivity contribution < 1.29 is 22.7 Å². The summed E-state index contributed by atoms with van der Waals surface area (Å²) in [5.41, 5.74) is 1.84. The number of fused-ring (bicyclic) bond motifs is 1. The zero-order valence-corrected chi connectivity index (χ0v) is 17.1. The number of benzene rings is 2. The molecule has 0 aliphatic carbocycles. The van der Waals surface area contributed by atoms with E-state index in [1.54, 1.807) is 18.2 Å². The van der Waals surface area contributed by atoms with Gasteiger partial charge in [-0.15, -0.1) is 11.8 Å². The van der Waals surface area contributed by atoms with Crippen LogP contribution >= 0.6 is 11.8 Å². The topological polar surface area (TPSA) is 80.8 Å². The Morgan fingerprint density at radius 3 is 2.61 bits per heavy atom. The lowest BCUT2D eigenvalue weighted by molar-refractivity contribution is -0.139. The summed E-state index contributed by atoms with van der Waals surface area (Å²) in [6, 6.07) is 14.4. The number of hydrogen-bond acceptors (Lipinski definition) is 6. The Morgan fingerprint density at radius 1 is 1.14 bits per heavy atom. The highest BCUT2D eigenvalue weighted by Gasteiger charge is 2.24. The molecule has 6 nitrogen and oxygen atoms in total. The van der Waals surface area contributed by atoms with Gasteiger partial charge in [0.25, 0.3) is 0 Å². The fourth-order valence-corrected chi connectivity index (χ4v) is 4.72. The summed E-state index contributed by atoms with van der Waals surface area (Å²) >= 11 is 1.35. The Morgan fingerprint density at radius 2 is 1.89 bits per heavy atom. The predicted molar refractivity (Wildman–Crippen MR) is 109 cm³/mol. The number of carbonyl (C=O) groups excluding carboxylic acids is 2. The van der Waals surface area contributed by atoms with Crippen LogP contribution in [-0.2, 0) is 26.0 Å². The maximum absolute atomic E-state index is 12.4. The lowest BCUT2D eigenvalue weighted by Crippen LogP contribution is -2.34. The van der Waals surface area contributed by atoms with Crippen LogP contribution in [0.4, 0.5) is 5.69 Å². The Kier molecular flexibility index (Phi) is 6.41. The lowest BCUT2D eigenvalue weighted by atomic mass is 9.99. The van der Waals surface area contributed by atoms with Gasteiger partial charge in [-0.3, -0.25) is 13.9 Å². The van der Waals surface area contributed by atoms with Crippen molar-refractivity contribution in [3.63, 3.8) is 0 Å². The van der Waals surface area contributed by atoms with Crippen molar-refractivity contribution in [1.82, 2.24) is 0 Å². The van der Waals surface area contributed by atoms with Gasteiger partial charge >= 0.3 is 5.97 Å². The molecule has 0 aromatic heterocycles. The third-order valence-electron chi connectivity index (χ3n) is 4.34. The van der Waals surface area contributed by atoms with E-state index in [9.17, 15) is 18.0 Å². The Bertz CT molecular complexity index is 973. The minimum atomic E-state index is -3.35. The molecule has 8 heteroatoms. The number of ketones is 1. The van der Waals surface area contributed by atoms with Crippen LogP contribution in [-0.4, -0.2) is 45.3 Å². The first-order valence-corrected chi connectivity index (χ1v) is 11.7. The zero-order chi connectivity index (χ0) is 20.1. The number of esters is 1. The van der Waals surface area contributed by atoms with Gasteiger partial charge in [-0.1, -0.05) is 18.2 Å². The number of anilines is 1. The molecule has 0 unspecified atom stereocenters. The number of thioether (sulfide) groups is 1. The van der Waals surface area contributed by atoms with E-state index in [4.69, 9.17) is 4.74 Å². The first kappa shape index (κ1) is 20.4. The van der Waals surface area contributed by atoms with Crippen LogP contribution in [0.5, 0.6) is 0 Å². The van der Waals surface area contributed by atoms with Crippen molar-refractivity contribution in [1.29, 1.82) is 0 Å². The van der Waals surface area contributed by atoms with Crippen molar-refractivity contribution >= 4 is 39.2 Å². The maximum atomic E-state index is 12.4. The number of rotatable bonds is 7. The van der Waals surface area contributed by atoms with Crippen molar-refractivity contribution in [3.8, 4) is 0 Å². The quantitative estimate of drug-likeness (QED) is 0.390. The van der Waals surface area contributed by atoms with Crippen LogP contribution in [0.25, 0.3) is 0 Å². The van der Waals surface area contributed by atoms with Crippen LogP contribution in [0.15, 0.2) is 53.4 Å². The van der Waals surface area contributed by atoms with E-state index in [-0.39, 0.29) is 18.1 Å². The highest BCUT2D eigenvalue weighted by Crippen LogP contribution is 2.30. The first-order valence-electron chi connectivity index (χ1n) is 8.82. The molecule has 1 heterocycles. The number of carbonyl (C=O) groups is 2. The van der Waals surface area contributed by atoms with Gasteiger partial charge in [0.1, 0.15) is 0 Å². The second-order valence-corrected chi connectivity index (χ2v) is 9.42. The summed E-state index contributed by atoms with van der Waals surface area (Å²) in [7, 11) is -3.35. The SMILES string of the molecule is CS(=O)(=O)N1CCCc2cc(C(=O)COC(=O)CSc3ccccc3)ccc21. The smallest absolute Gasteiger partial charge is 0.316 e. The number of ether oxygens (including phenoxy) is 1. The molecule has 148 valence electrons. The second-order valence-electron chi connectivity index (χ2n) is 6.47. The zero-order valence-electron chi connectivity index (χ0n) is 15.5. The summed E-state index contributed by atoms with van der Waals surface area (Å²) in [5, 5.41) is 0. The molecule has 28 heavy (non-hydrogen) atoms. The van der Waals surface area contributed by atoms with Crippen LogP contribution < -0.4 is 4.31 Å². The van der Waals surface area contributed by atoms with E-state index in [1.807, 2.05) is 30.3 Å². The van der Waals surface area contributed by atoms with Gasteiger partial charge in [0, 0.05) is 17.0 Å². The Balaban J connectivity index is 1.58. The molecule has 0 spiro atoms. The molecule has 2 aromatic carbocycles. The summed E-state index contributed by atoms with van der Waals surface area (Å²) in [4.78, 5) is 25.2. The van der Waals surface area contributed by atoms with Crippen LogP contribution in [0, 0.1) is 0 Å². The lowest BCUT2D eigenvalue weighted by Gasteiger charge is -2.29. The Hall–Kier alpha value is -2.32. The van der Waals surface area contributed by atoms with Gasteiger partial charge in [0.2, 0.25) is 10.0 Å². The molecular formula is C20H21NO5S2. The van der Waals surface area contributed by atoms with E-state index >= 15 is 0 Å². The molecule has 1 aliphatic rings. The second kappa shape index (κ2) is 8.79. The maximum Gasteiger partial charge on any atom is 0.316 e. The molecule has 0 bridgehead atoms. The summed E-state index contributed by atoms with van der Waals surface area (Å²) in [6.45, 7) is 0.110. The van der Waals surface area contributed by atoms with Crippen molar-refractivity contribution in [3.05, 3.63) is 59.7 Å². The fraction of sp³-hybridized carbons (Fsp3) is 0.300. The average Bonchev–Trinajstić information content (AvgIpc) is 2.69. The van der Waals surface area contributed by atoms with Crippen molar-refractivity contribution in [2.45, 2.75) is 17.7 Å². The number of Topliss-reactive ketones (excluding diaryl/α,β-unsaturated/α-hetero) is 1. The predicted octanol–water partition coefficient (Wildman–Crippen LogP) is 2.92. The molecule has 0 atom stereocenters. The highest BCUT2D eigenvalue weighted by molar-refractivity contribution is 8.00. The van der Waals surface area contributed by atoms with Gasteiger partial charge < -0.3 is 4.74 Å². The molecule has 0 N–H and O–H groups in total. The molecule has 0 saturated heterocycles. The number of nitrogens with zero attached hydrogens (tertiary/aromatic N) is 1. The van der Waals surface area contributed by atoms with Crippen LogP contribution in [0.2, 0.25) is 0 Å². The molecule has 0 saturated carbocycles. The summed E-state index contributed by atoms with van der Waals surface area (Å²) in [5.74, 6) is -0.633. The minimum Gasteiger partial charge on any atom is -0.457 e. The average molecular weight is 420 g/mol. The van der Waals surface area contributed by atoms with Crippen LogP contribution in [0.3, 0.4) is 0 Å². The summed E-state index contributed by atoms with van der Waals surface area (Å²) < 4.78 is 30.3. The molecule has 0 radical (unpaired) electrons. The molecule has 0 fully saturated rings. The molecule has 2 aromatic rings. The standard InChI is InChI=1S/C20H21NO5S2/c1-28(24,25)21-11-5-6-15-12-16(9-10-18(15)21)19(22)13-26-20(23)14-27-17-7-3-2-4-8-17/h2-4,7-10,12H,5-6,11,13-14H2,1H3. The van der Waals surface area contributed by atoms with Gasteiger partial charge in [0.15, 0.2) is 12.4 Å². The van der Waals surface area contributed by atoms with E-state index in [2.05, 4.69) is 0 Å². The number of hydrogen-bond donors (Lipinski definition) is 0. The first-order chi connectivity index (χ1) is 13.3. The van der Waals surface area contributed by atoms with Gasteiger partial charge in [-0.25, -0.2) is 8.42 Å². The number of sulfonamides is 1. The van der Waals surface area contributed by atoms with E-state index in [1.165, 1.54) is 22.3 Å². The van der Waals surface area contributed by atoms with E-state index < -0.39 is 16.0 Å². The third-order valence-corrected chi connectivity index (χ3v) is 6.51. The third kappa shape index (κ3) is 5.14. The molecule has 1 aliphatic heterocycles. The fourth-order valence-electron chi connectivity index (χ4n) is 3.01. The van der Waals surface area contributed by atoms with E-state index in [0.717, 1.165) is 10.5 Å². The normalized spacial score (nSPS) is 13.7. The molecule has 3 rings (SSSR count). The number of aryl methyl sites for hydroxylation is 1. The summed E-state index contributed by atoms with van der Waals surface area (Å²) in [6.07, 6.45) is 2.58. The largest absolute Gasteiger partial charge is 0.457 e. The van der Waals surface area contributed by atoms with Gasteiger partial charge in [0.05, 0.1) is 17.7 Å². The van der Waals surface area contributed by atoms with Crippen molar-refractivity contribution in [2.75, 3.05) is 29.5 Å². The molecule has 0 amide bonds. The minimum absolute atomic E-state index is 0.130. The highest BCUT2D eigenvalue weighted by atomic mass is 32.2. The van der Waals surface area contributed by atoms with Crippen LogP contribution in [0.1, 0.15) is 22.3 Å². The molecular weight excluding hydrogens is 398 g/mol. The van der Waals surface area contributed by atoms with Crippen molar-refractivity contribution in [2.24, 2.45) is 0 Å². The van der Waals surface area contributed by atoms with Gasteiger partial charge in [-0.05, 0) is 48.7 Å². The van der Waals surface area contributed by atoms with Gasteiger partial charge in [-0.2, -0.15) is 0 Å².